The van der Waals surface area contributed by atoms with Crippen molar-refractivity contribution in [2.24, 2.45) is 0 Å². The van der Waals surface area contributed by atoms with Gasteiger partial charge in [-0.25, -0.2) is 4.79 Å². The summed E-state index contributed by atoms with van der Waals surface area (Å²) in [7, 11) is 0. The van der Waals surface area contributed by atoms with E-state index < -0.39 is 5.97 Å². The second-order valence-electron chi connectivity index (χ2n) is 3.22. The van der Waals surface area contributed by atoms with Gasteiger partial charge in [-0.3, -0.25) is 0 Å². The van der Waals surface area contributed by atoms with Crippen LogP contribution in [0.4, 0.5) is 0 Å². The summed E-state index contributed by atoms with van der Waals surface area (Å²) in [6.07, 6.45) is 0. The Balaban J connectivity index is 0.00000144. The van der Waals surface area contributed by atoms with Gasteiger partial charge in [0.2, 0.25) is 0 Å². The van der Waals surface area contributed by atoms with Crippen LogP contribution >= 0.6 is 0 Å². The summed E-state index contributed by atoms with van der Waals surface area (Å²) in [6, 6.07) is 15.0. The Hall–Kier alpha value is -1.29. The predicted octanol–water partition coefficient (Wildman–Crippen LogP) is 2.23. The standard InChI is InChI=1S/C13H10O3.Na/c14-12-9-5-4-8-11(12)13(15)16-10-6-2-1-3-7-10;/h1-9,14H;. The zero-order valence-electron chi connectivity index (χ0n) is 9.46. The van der Waals surface area contributed by atoms with Crippen LogP contribution in [0.25, 0.3) is 0 Å². The van der Waals surface area contributed by atoms with Gasteiger partial charge in [0.15, 0.2) is 0 Å². The Morgan fingerprint density at radius 1 is 0.941 bits per heavy atom. The summed E-state index contributed by atoms with van der Waals surface area (Å²) >= 11 is 0. The minimum atomic E-state index is -0.565. The molecule has 1 radical (unpaired) electrons. The number of phenolic OH excluding ortho intramolecular Hbond substituents is 1. The first-order chi connectivity index (χ1) is 7.77. The normalized spacial score (nSPS) is 9.18. The summed E-state index contributed by atoms with van der Waals surface area (Å²) < 4.78 is 5.08. The number of esters is 1. The number of hydrogen-bond donors (Lipinski definition) is 1. The average molecular weight is 237 g/mol. The first-order valence-electron chi connectivity index (χ1n) is 4.82. The van der Waals surface area contributed by atoms with Crippen molar-refractivity contribution in [3.8, 4) is 11.5 Å². The van der Waals surface area contributed by atoms with Gasteiger partial charge < -0.3 is 9.84 Å². The van der Waals surface area contributed by atoms with Gasteiger partial charge in [-0.1, -0.05) is 30.3 Å². The molecule has 0 atom stereocenters. The zero-order chi connectivity index (χ0) is 11.4. The van der Waals surface area contributed by atoms with Gasteiger partial charge in [0.25, 0.3) is 0 Å². The van der Waals surface area contributed by atoms with Crippen molar-refractivity contribution >= 4 is 35.5 Å². The Kier molecular flexibility index (Phi) is 5.22. The Bertz CT molecular complexity index is 497. The third kappa shape index (κ3) is 3.60. The second-order valence-corrected chi connectivity index (χ2v) is 3.22. The van der Waals surface area contributed by atoms with Crippen molar-refractivity contribution in [1.29, 1.82) is 0 Å². The number of phenols is 1. The van der Waals surface area contributed by atoms with E-state index in [1.807, 2.05) is 6.07 Å². The maximum atomic E-state index is 11.7. The summed E-state index contributed by atoms with van der Waals surface area (Å²) in [5, 5.41) is 9.46. The van der Waals surface area contributed by atoms with E-state index >= 15 is 0 Å². The smallest absolute Gasteiger partial charge is 0.347 e. The third-order valence-corrected chi connectivity index (χ3v) is 2.08. The van der Waals surface area contributed by atoms with Crippen LogP contribution in [0.15, 0.2) is 54.6 Å². The molecule has 4 heteroatoms. The third-order valence-electron chi connectivity index (χ3n) is 2.08. The number of carbonyl (C=O) groups is 1. The first-order valence-corrected chi connectivity index (χ1v) is 4.82. The van der Waals surface area contributed by atoms with Crippen molar-refractivity contribution in [3.05, 3.63) is 60.2 Å². The van der Waals surface area contributed by atoms with Crippen molar-refractivity contribution in [2.75, 3.05) is 0 Å². The molecule has 0 saturated heterocycles. The van der Waals surface area contributed by atoms with Crippen molar-refractivity contribution in [3.63, 3.8) is 0 Å². The molecule has 0 bridgehead atoms. The second kappa shape index (κ2) is 6.45. The first kappa shape index (κ1) is 13.8. The Morgan fingerprint density at radius 2 is 1.53 bits per heavy atom. The topological polar surface area (TPSA) is 46.5 Å². The molecule has 2 aromatic rings. The van der Waals surface area contributed by atoms with Gasteiger partial charge >= 0.3 is 5.97 Å². The van der Waals surface area contributed by atoms with Crippen LogP contribution in [0.3, 0.4) is 0 Å². The molecule has 0 amide bonds. The minimum absolute atomic E-state index is 0. The van der Waals surface area contributed by atoms with Crippen LogP contribution in [0, 0.1) is 0 Å². The van der Waals surface area contributed by atoms with Gasteiger partial charge in [0.05, 0.1) is 0 Å². The molecule has 0 unspecified atom stereocenters. The summed E-state index contributed by atoms with van der Waals surface area (Å²) in [6.45, 7) is 0. The van der Waals surface area contributed by atoms with E-state index in [1.54, 1.807) is 36.4 Å². The van der Waals surface area contributed by atoms with E-state index in [4.69, 9.17) is 4.74 Å². The number of ether oxygens (including phenoxy) is 1. The van der Waals surface area contributed by atoms with Gasteiger partial charge in [0, 0.05) is 29.6 Å². The molecule has 81 valence electrons. The molecule has 0 aromatic heterocycles. The number of hydrogen-bond acceptors (Lipinski definition) is 3. The van der Waals surface area contributed by atoms with Crippen molar-refractivity contribution in [2.45, 2.75) is 0 Å². The molecular formula is C13H10NaO3. The maximum Gasteiger partial charge on any atom is 0.347 e. The molecule has 0 aliphatic carbocycles. The SMILES string of the molecule is O=C(Oc1ccccc1)c1ccccc1O.[Na]. The average Bonchev–Trinajstić information content (AvgIpc) is 2.31. The number of benzene rings is 2. The minimum Gasteiger partial charge on any atom is -0.507 e. The zero-order valence-corrected chi connectivity index (χ0v) is 11.5. The van der Waals surface area contributed by atoms with Gasteiger partial charge in [-0.2, -0.15) is 0 Å². The maximum absolute atomic E-state index is 11.7. The molecule has 0 heterocycles. The molecule has 17 heavy (non-hydrogen) atoms. The fourth-order valence-corrected chi connectivity index (χ4v) is 1.30. The molecular weight excluding hydrogens is 227 g/mol. The van der Waals surface area contributed by atoms with Gasteiger partial charge in [0.1, 0.15) is 17.1 Å². The monoisotopic (exact) mass is 237 g/mol. The summed E-state index contributed by atoms with van der Waals surface area (Å²) in [4.78, 5) is 11.7. The predicted molar refractivity (Wildman–Crippen MR) is 65.3 cm³/mol. The van der Waals surface area contributed by atoms with E-state index in [2.05, 4.69) is 0 Å². The number of carbonyl (C=O) groups excluding carboxylic acids is 1. The van der Waals surface area contributed by atoms with Crippen molar-refractivity contribution < 1.29 is 14.6 Å². The number of aromatic hydroxyl groups is 1. The van der Waals surface area contributed by atoms with Gasteiger partial charge in [-0.15, -0.1) is 0 Å². The van der Waals surface area contributed by atoms with E-state index in [0.29, 0.717) is 5.75 Å². The van der Waals surface area contributed by atoms with Crippen LogP contribution in [0.5, 0.6) is 11.5 Å². The van der Waals surface area contributed by atoms with Crippen LogP contribution in [-0.4, -0.2) is 40.6 Å². The van der Waals surface area contributed by atoms with E-state index in [9.17, 15) is 9.90 Å². The molecule has 0 fully saturated rings. The van der Waals surface area contributed by atoms with Crippen LogP contribution in [-0.2, 0) is 0 Å². The van der Waals surface area contributed by atoms with Crippen LogP contribution in [0.2, 0.25) is 0 Å². The Labute approximate surface area is 121 Å². The van der Waals surface area contributed by atoms with Gasteiger partial charge in [-0.05, 0) is 24.3 Å². The van der Waals surface area contributed by atoms with Crippen LogP contribution in [0.1, 0.15) is 10.4 Å². The molecule has 0 spiro atoms. The summed E-state index contributed by atoms with van der Waals surface area (Å²) in [5.41, 5.74) is 0.159. The van der Waals surface area contributed by atoms with E-state index in [0.717, 1.165) is 0 Å². The molecule has 0 saturated carbocycles. The van der Waals surface area contributed by atoms with E-state index in [1.165, 1.54) is 12.1 Å². The molecule has 2 aromatic carbocycles. The largest absolute Gasteiger partial charge is 0.507 e. The fourth-order valence-electron chi connectivity index (χ4n) is 1.30. The number of para-hydroxylation sites is 2. The molecule has 0 aliphatic heterocycles. The molecule has 1 N–H and O–H groups in total. The molecule has 2 rings (SSSR count). The van der Waals surface area contributed by atoms with E-state index in [-0.39, 0.29) is 40.9 Å². The fraction of sp³-hybridized carbons (Fsp3) is 0. The van der Waals surface area contributed by atoms with Crippen molar-refractivity contribution in [1.82, 2.24) is 0 Å². The molecule has 3 nitrogen and oxygen atoms in total. The molecule has 0 aliphatic rings. The Morgan fingerprint density at radius 3 is 2.18 bits per heavy atom. The number of rotatable bonds is 2. The summed E-state index contributed by atoms with van der Waals surface area (Å²) in [5.74, 6) is -0.191. The van der Waals surface area contributed by atoms with Crippen LogP contribution < -0.4 is 4.74 Å². The quantitative estimate of drug-likeness (QED) is 0.495.